The lowest BCUT2D eigenvalue weighted by atomic mass is 9.66. The van der Waals surface area contributed by atoms with Crippen LogP contribution in [0.1, 0.15) is 59.8 Å². The van der Waals surface area contributed by atoms with Crippen LogP contribution in [-0.4, -0.2) is 29.1 Å². The monoisotopic (exact) mass is 238 g/mol. The standard InChI is InChI=1S/C15H30N2/c1-12-7-5-9-15(11-16,13(12)2)17-10-6-8-14(17,3)4/h12-13H,5-11,16H2,1-4H3. The molecule has 1 aliphatic carbocycles. The van der Waals surface area contributed by atoms with Gasteiger partial charge in [0.1, 0.15) is 0 Å². The number of likely N-dealkylation sites (tertiary alicyclic amines) is 1. The number of nitrogens with zero attached hydrogens (tertiary/aromatic N) is 1. The maximum atomic E-state index is 6.25. The molecule has 0 aromatic rings. The lowest BCUT2D eigenvalue weighted by Crippen LogP contribution is -2.64. The van der Waals surface area contributed by atoms with Gasteiger partial charge in [0.2, 0.25) is 0 Å². The third-order valence-corrected chi connectivity index (χ3v) is 5.76. The zero-order valence-electron chi connectivity index (χ0n) is 12.1. The fraction of sp³-hybridized carbons (Fsp3) is 1.00. The van der Waals surface area contributed by atoms with E-state index in [2.05, 4.69) is 32.6 Å². The van der Waals surface area contributed by atoms with Crippen molar-refractivity contribution in [2.24, 2.45) is 17.6 Å². The maximum absolute atomic E-state index is 6.25. The van der Waals surface area contributed by atoms with Crippen LogP contribution in [0.25, 0.3) is 0 Å². The Kier molecular flexibility index (Phi) is 3.57. The summed E-state index contributed by atoms with van der Waals surface area (Å²) in [6.45, 7) is 11.7. The van der Waals surface area contributed by atoms with E-state index < -0.39 is 0 Å². The van der Waals surface area contributed by atoms with Gasteiger partial charge in [-0.25, -0.2) is 0 Å². The molecule has 0 radical (unpaired) electrons. The molecule has 0 bridgehead atoms. The molecule has 0 spiro atoms. The van der Waals surface area contributed by atoms with E-state index in [0.717, 1.165) is 18.4 Å². The van der Waals surface area contributed by atoms with Crippen LogP contribution in [0.5, 0.6) is 0 Å². The first kappa shape index (κ1) is 13.4. The topological polar surface area (TPSA) is 29.3 Å². The van der Waals surface area contributed by atoms with Gasteiger partial charge in [-0.1, -0.05) is 26.7 Å². The fourth-order valence-electron chi connectivity index (χ4n) is 4.45. The summed E-state index contributed by atoms with van der Waals surface area (Å²) in [5, 5.41) is 0. The molecule has 0 amide bonds. The Hall–Kier alpha value is -0.0800. The van der Waals surface area contributed by atoms with Crippen LogP contribution >= 0.6 is 0 Å². The third-order valence-electron chi connectivity index (χ3n) is 5.76. The van der Waals surface area contributed by atoms with Crippen LogP contribution in [0.2, 0.25) is 0 Å². The number of rotatable bonds is 2. The minimum Gasteiger partial charge on any atom is -0.329 e. The first-order chi connectivity index (χ1) is 7.94. The quantitative estimate of drug-likeness (QED) is 0.801. The molecule has 2 heteroatoms. The molecule has 0 aromatic carbocycles. The Bertz CT molecular complexity index is 274. The van der Waals surface area contributed by atoms with Crippen LogP contribution in [0.4, 0.5) is 0 Å². The second kappa shape index (κ2) is 4.55. The first-order valence-corrected chi connectivity index (χ1v) is 7.42. The highest BCUT2D eigenvalue weighted by Crippen LogP contribution is 2.46. The van der Waals surface area contributed by atoms with Crippen LogP contribution in [0, 0.1) is 11.8 Å². The first-order valence-electron chi connectivity index (χ1n) is 7.42. The molecule has 1 heterocycles. The van der Waals surface area contributed by atoms with Crippen LogP contribution in [0.3, 0.4) is 0 Å². The van der Waals surface area contributed by atoms with Gasteiger partial charge in [0.05, 0.1) is 0 Å². The summed E-state index contributed by atoms with van der Waals surface area (Å²) >= 11 is 0. The molecule has 1 saturated carbocycles. The SMILES string of the molecule is CC1CCCC(CN)(N2CCCC2(C)C)C1C. The molecule has 2 nitrogen and oxygen atoms in total. The molecule has 2 fully saturated rings. The van der Waals surface area contributed by atoms with Crippen molar-refractivity contribution in [2.45, 2.75) is 70.9 Å². The summed E-state index contributed by atoms with van der Waals surface area (Å²) in [6, 6.07) is 0. The Morgan fingerprint density at radius 2 is 1.88 bits per heavy atom. The molecule has 3 atom stereocenters. The van der Waals surface area contributed by atoms with E-state index in [1.165, 1.54) is 38.6 Å². The van der Waals surface area contributed by atoms with Crippen molar-refractivity contribution < 1.29 is 0 Å². The van der Waals surface area contributed by atoms with E-state index in [4.69, 9.17) is 5.73 Å². The van der Waals surface area contributed by atoms with E-state index in [9.17, 15) is 0 Å². The Balaban J connectivity index is 2.29. The molecule has 2 aliphatic rings. The van der Waals surface area contributed by atoms with Gasteiger partial charge in [-0.05, 0) is 51.5 Å². The molecule has 2 N–H and O–H groups in total. The van der Waals surface area contributed by atoms with Crippen molar-refractivity contribution in [3.05, 3.63) is 0 Å². The molecule has 1 saturated heterocycles. The van der Waals surface area contributed by atoms with Crippen molar-refractivity contribution in [3.8, 4) is 0 Å². The average molecular weight is 238 g/mol. The summed E-state index contributed by atoms with van der Waals surface area (Å²) in [4.78, 5) is 2.76. The van der Waals surface area contributed by atoms with E-state index in [0.29, 0.717) is 5.54 Å². The smallest absolute Gasteiger partial charge is 0.0365 e. The molecule has 1 aliphatic heterocycles. The lowest BCUT2D eigenvalue weighted by molar-refractivity contribution is -0.0457. The molecule has 0 aromatic heterocycles. The summed E-state index contributed by atoms with van der Waals surface area (Å²) < 4.78 is 0. The highest BCUT2D eigenvalue weighted by atomic mass is 15.3. The lowest BCUT2D eigenvalue weighted by Gasteiger charge is -2.55. The summed E-state index contributed by atoms with van der Waals surface area (Å²) in [5.74, 6) is 1.56. The third kappa shape index (κ3) is 2.04. The highest BCUT2D eigenvalue weighted by molar-refractivity contribution is 5.06. The van der Waals surface area contributed by atoms with Gasteiger partial charge in [-0.2, -0.15) is 0 Å². The second-order valence-corrected chi connectivity index (χ2v) is 7.03. The van der Waals surface area contributed by atoms with Crippen LogP contribution < -0.4 is 5.73 Å². The Morgan fingerprint density at radius 3 is 2.41 bits per heavy atom. The number of hydrogen-bond donors (Lipinski definition) is 1. The van der Waals surface area contributed by atoms with Gasteiger partial charge in [0, 0.05) is 17.6 Å². The molecule has 17 heavy (non-hydrogen) atoms. The maximum Gasteiger partial charge on any atom is 0.0365 e. The molecular weight excluding hydrogens is 208 g/mol. The minimum absolute atomic E-state index is 0.275. The summed E-state index contributed by atoms with van der Waals surface area (Å²) in [5.41, 5.74) is 6.88. The van der Waals surface area contributed by atoms with Crippen molar-refractivity contribution >= 4 is 0 Å². The Labute approximate surface area is 107 Å². The molecule has 3 unspecified atom stereocenters. The largest absolute Gasteiger partial charge is 0.329 e. The van der Waals surface area contributed by atoms with E-state index in [-0.39, 0.29) is 5.54 Å². The second-order valence-electron chi connectivity index (χ2n) is 7.03. The van der Waals surface area contributed by atoms with Crippen LogP contribution in [-0.2, 0) is 0 Å². The highest BCUT2D eigenvalue weighted by Gasteiger charge is 2.50. The normalized spacial score (nSPS) is 42.9. The van der Waals surface area contributed by atoms with E-state index in [1.54, 1.807) is 0 Å². The van der Waals surface area contributed by atoms with Gasteiger partial charge in [0.15, 0.2) is 0 Å². The van der Waals surface area contributed by atoms with Crippen LogP contribution in [0.15, 0.2) is 0 Å². The van der Waals surface area contributed by atoms with Gasteiger partial charge in [-0.3, -0.25) is 4.90 Å². The van der Waals surface area contributed by atoms with Gasteiger partial charge < -0.3 is 5.73 Å². The van der Waals surface area contributed by atoms with Gasteiger partial charge in [0.25, 0.3) is 0 Å². The molecule has 2 rings (SSSR count). The Morgan fingerprint density at radius 1 is 1.18 bits per heavy atom. The van der Waals surface area contributed by atoms with Gasteiger partial charge in [-0.15, -0.1) is 0 Å². The summed E-state index contributed by atoms with van der Waals surface area (Å²) in [7, 11) is 0. The van der Waals surface area contributed by atoms with Crippen molar-refractivity contribution in [2.75, 3.05) is 13.1 Å². The van der Waals surface area contributed by atoms with Crippen molar-refractivity contribution in [1.29, 1.82) is 0 Å². The van der Waals surface area contributed by atoms with Crippen molar-refractivity contribution in [1.82, 2.24) is 4.90 Å². The zero-order valence-corrected chi connectivity index (χ0v) is 12.1. The fourth-order valence-corrected chi connectivity index (χ4v) is 4.45. The van der Waals surface area contributed by atoms with Crippen molar-refractivity contribution in [3.63, 3.8) is 0 Å². The predicted octanol–water partition coefficient (Wildman–Crippen LogP) is 3.01. The van der Waals surface area contributed by atoms with E-state index in [1.807, 2.05) is 0 Å². The number of nitrogens with two attached hydrogens (primary N) is 1. The average Bonchev–Trinajstić information content (AvgIpc) is 2.63. The molecular formula is C15H30N2. The zero-order chi connectivity index (χ0) is 12.7. The number of hydrogen-bond acceptors (Lipinski definition) is 2. The predicted molar refractivity (Wildman–Crippen MR) is 74.0 cm³/mol. The van der Waals surface area contributed by atoms with E-state index >= 15 is 0 Å². The minimum atomic E-state index is 0.275. The summed E-state index contributed by atoms with van der Waals surface area (Å²) in [6.07, 6.45) is 6.72. The molecule has 100 valence electrons. The van der Waals surface area contributed by atoms with Gasteiger partial charge >= 0.3 is 0 Å².